The molecule has 1 unspecified atom stereocenters. The molecule has 1 aromatic rings. The van der Waals surface area contributed by atoms with Gasteiger partial charge < -0.3 is 15.0 Å². The van der Waals surface area contributed by atoms with Gasteiger partial charge in [0.25, 0.3) is 0 Å². The van der Waals surface area contributed by atoms with E-state index >= 15 is 0 Å². The first-order valence-electron chi connectivity index (χ1n) is 10.6. The number of halogens is 3. The molecule has 29 heavy (non-hydrogen) atoms. The van der Waals surface area contributed by atoms with Crippen LogP contribution in [0.25, 0.3) is 0 Å². The molecule has 1 spiro atoms. The van der Waals surface area contributed by atoms with Crippen LogP contribution in [0.1, 0.15) is 50.5 Å². The number of likely N-dealkylation sites (tertiary alicyclic amines) is 1. The molecule has 1 amide bonds. The maximum atomic E-state index is 12.2. The SMILES string of the molecule is O=C(CCC(F)(F)F)NCC1CCC2(CCN(CCCc3ccccc3)CC2)O1. The maximum Gasteiger partial charge on any atom is 0.389 e. The largest absolute Gasteiger partial charge is 0.389 e. The number of amides is 1. The van der Waals surface area contributed by atoms with Crippen molar-refractivity contribution in [1.82, 2.24) is 10.2 Å². The van der Waals surface area contributed by atoms with Crippen molar-refractivity contribution in [3.05, 3.63) is 35.9 Å². The number of ether oxygens (including phenoxy) is 1. The summed E-state index contributed by atoms with van der Waals surface area (Å²) in [6, 6.07) is 10.5. The summed E-state index contributed by atoms with van der Waals surface area (Å²) in [5.41, 5.74) is 1.26. The highest BCUT2D eigenvalue weighted by molar-refractivity contribution is 5.75. The zero-order chi connectivity index (χ0) is 20.7. The molecule has 2 aliphatic rings. The van der Waals surface area contributed by atoms with Crippen molar-refractivity contribution in [1.29, 1.82) is 0 Å². The van der Waals surface area contributed by atoms with Gasteiger partial charge >= 0.3 is 6.18 Å². The second kappa shape index (κ2) is 9.94. The van der Waals surface area contributed by atoms with Crippen molar-refractivity contribution >= 4 is 5.91 Å². The molecule has 1 aromatic carbocycles. The van der Waals surface area contributed by atoms with Crippen LogP contribution in [-0.4, -0.2) is 54.9 Å². The normalized spacial score (nSPS) is 22.1. The maximum absolute atomic E-state index is 12.2. The van der Waals surface area contributed by atoms with Crippen molar-refractivity contribution in [2.24, 2.45) is 0 Å². The molecular weight excluding hydrogens is 381 g/mol. The summed E-state index contributed by atoms with van der Waals surface area (Å²) in [5.74, 6) is -0.555. The fourth-order valence-electron chi connectivity index (χ4n) is 4.31. The average molecular weight is 412 g/mol. The van der Waals surface area contributed by atoms with Gasteiger partial charge in [0.2, 0.25) is 5.91 Å². The summed E-state index contributed by atoms with van der Waals surface area (Å²) >= 11 is 0. The van der Waals surface area contributed by atoms with Gasteiger partial charge in [-0.3, -0.25) is 4.79 Å². The molecule has 0 aromatic heterocycles. The van der Waals surface area contributed by atoms with Crippen molar-refractivity contribution in [3.8, 4) is 0 Å². The molecule has 0 bridgehead atoms. The predicted molar refractivity (Wildman–Crippen MR) is 106 cm³/mol. The molecule has 7 heteroatoms. The van der Waals surface area contributed by atoms with Gasteiger partial charge in [-0.05, 0) is 50.6 Å². The van der Waals surface area contributed by atoms with Crippen molar-refractivity contribution < 1.29 is 22.7 Å². The van der Waals surface area contributed by atoms with Crippen LogP contribution in [0.15, 0.2) is 30.3 Å². The van der Waals surface area contributed by atoms with E-state index in [1.54, 1.807) is 0 Å². The number of alkyl halides is 3. The predicted octanol–water partition coefficient (Wildman–Crippen LogP) is 4.09. The van der Waals surface area contributed by atoms with E-state index in [0.29, 0.717) is 6.54 Å². The summed E-state index contributed by atoms with van der Waals surface area (Å²) in [6.07, 6.45) is 0.0532. The van der Waals surface area contributed by atoms with Crippen LogP contribution in [0.4, 0.5) is 13.2 Å². The number of aryl methyl sites for hydroxylation is 1. The third-order valence-corrected chi connectivity index (χ3v) is 6.05. The number of carbonyl (C=O) groups excluding carboxylic acids is 1. The van der Waals surface area contributed by atoms with Crippen LogP contribution in [0.3, 0.4) is 0 Å². The van der Waals surface area contributed by atoms with Crippen LogP contribution < -0.4 is 5.32 Å². The van der Waals surface area contributed by atoms with Crippen molar-refractivity contribution in [3.63, 3.8) is 0 Å². The van der Waals surface area contributed by atoms with E-state index in [9.17, 15) is 18.0 Å². The minimum absolute atomic E-state index is 0.0885. The molecule has 0 radical (unpaired) electrons. The second-order valence-electron chi connectivity index (χ2n) is 8.31. The van der Waals surface area contributed by atoms with E-state index in [2.05, 4.69) is 34.5 Å². The van der Waals surface area contributed by atoms with Crippen LogP contribution in [0.2, 0.25) is 0 Å². The van der Waals surface area contributed by atoms with E-state index in [-0.39, 0.29) is 11.7 Å². The van der Waals surface area contributed by atoms with Crippen molar-refractivity contribution in [2.75, 3.05) is 26.2 Å². The number of nitrogens with zero attached hydrogens (tertiary/aromatic N) is 1. The van der Waals surface area contributed by atoms with Crippen molar-refractivity contribution in [2.45, 2.75) is 69.2 Å². The molecule has 4 nitrogen and oxygen atoms in total. The van der Waals surface area contributed by atoms with Crippen LogP contribution in [0.5, 0.6) is 0 Å². The van der Waals surface area contributed by atoms with Gasteiger partial charge in [0.15, 0.2) is 0 Å². The Hall–Kier alpha value is -1.60. The van der Waals surface area contributed by atoms with Crippen LogP contribution in [0, 0.1) is 0 Å². The molecule has 2 aliphatic heterocycles. The van der Waals surface area contributed by atoms with Crippen LogP contribution >= 0.6 is 0 Å². The topological polar surface area (TPSA) is 41.6 Å². The number of carbonyl (C=O) groups is 1. The number of nitrogens with one attached hydrogen (secondary N) is 1. The smallest absolute Gasteiger partial charge is 0.370 e. The molecule has 3 rings (SSSR count). The minimum atomic E-state index is -4.29. The molecule has 2 heterocycles. The molecule has 162 valence electrons. The molecular formula is C22H31F3N2O2. The lowest BCUT2D eigenvalue weighted by Crippen LogP contribution is -2.45. The third-order valence-electron chi connectivity index (χ3n) is 6.05. The molecule has 2 saturated heterocycles. The van der Waals surface area contributed by atoms with E-state index < -0.39 is 24.9 Å². The summed E-state index contributed by atoms with van der Waals surface area (Å²) < 4.78 is 42.8. The van der Waals surface area contributed by atoms with Gasteiger partial charge in [-0.15, -0.1) is 0 Å². The van der Waals surface area contributed by atoms with Gasteiger partial charge in [-0.2, -0.15) is 13.2 Å². The third kappa shape index (κ3) is 7.30. The standard InChI is InChI=1S/C22H31F3N2O2/c23-22(24,25)11-9-20(28)26-17-19-8-10-21(29-19)12-15-27(16-13-21)14-4-7-18-5-2-1-3-6-18/h1-3,5-6,19H,4,7-17H2,(H,26,28). The lowest BCUT2D eigenvalue weighted by molar-refractivity contribution is -0.144. The highest BCUT2D eigenvalue weighted by Gasteiger charge is 2.42. The Morgan fingerprint density at radius 2 is 1.90 bits per heavy atom. The Balaban J connectivity index is 1.31. The number of piperidine rings is 1. The summed E-state index contributed by atoms with van der Waals surface area (Å²) in [4.78, 5) is 14.1. The van der Waals surface area contributed by atoms with E-state index in [1.165, 1.54) is 5.56 Å². The minimum Gasteiger partial charge on any atom is -0.370 e. The highest BCUT2D eigenvalue weighted by atomic mass is 19.4. The Morgan fingerprint density at radius 1 is 1.17 bits per heavy atom. The molecule has 1 atom stereocenters. The first-order chi connectivity index (χ1) is 13.8. The average Bonchev–Trinajstić information content (AvgIpc) is 3.09. The van der Waals surface area contributed by atoms with Gasteiger partial charge in [0, 0.05) is 26.1 Å². The summed E-state index contributed by atoms with van der Waals surface area (Å²) in [6.45, 7) is 3.42. The molecule has 0 aliphatic carbocycles. The Kier molecular flexibility index (Phi) is 7.57. The number of hydrogen-bond acceptors (Lipinski definition) is 3. The fraction of sp³-hybridized carbons (Fsp3) is 0.682. The van der Waals surface area contributed by atoms with Gasteiger partial charge in [-0.1, -0.05) is 30.3 Å². The summed E-state index contributed by atoms with van der Waals surface area (Å²) in [5, 5.41) is 2.60. The number of benzene rings is 1. The zero-order valence-electron chi connectivity index (χ0n) is 16.8. The molecule has 0 saturated carbocycles. The van der Waals surface area contributed by atoms with E-state index in [0.717, 1.165) is 58.2 Å². The number of hydrogen-bond donors (Lipinski definition) is 1. The number of rotatable bonds is 8. The van der Waals surface area contributed by atoms with Gasteiger partial charge in [0.1, 0.15) is 0 Å². The first-order valence-corrected chi connectivity index (χ1v) is 10.6. The second-order valence-corrected chi connectivity index (χ2v) is 8.31. The van der Waals surface area contributed by atoms with Crippen LogP contribution in [-0.2, 0) is 16.0 Å². The van der Waals surface area contributed by atoms with E-state index in [1.807, 2.05) is 6.07 Å². The lowest BCUT2D eigenvalue weighted by atomic mass is 9.88. The lowest BCUT2D eigenvalue weighted by Gasteiger charge is -2.39. The van der Waals surface area contributed by atoms with Gasteiger partial charge in [0.05, 0.1) is 18.1 Å². The Bertz CT molecular complexity index is 643. The van der Waals surface area contributed by atoms with E-state index in [4.69, 9.17) is 4.74 Å². The van der Waals surface area contributed by atoms with Gasteiger partial charge in [-0.25, -0.2) is 0 Å². The molecule has 1 N–H and O–H groups in total. The Labute approximate surface area is 170 Å². The molecule has 2 fully saturated rings. The fourth-order valence-corrected chi connectivity index (χ4v) is 4.31. The summed E-state index contributed by atoms with van der Waals surface area (Å²) in [7, 11) is 0. The first kappa shape index (κ1) is 22.1. The highest BCUT2D eigenvalue weighted by Crippen LogP contribution is 2.38. The zero-order valence-corrected chi connectivity index (χ0v) is 16.8. The Morgan fingerprint density at radius 3 is 2.59 bits per heavy atom. The monoisotopic (exact) mass is 412 g/mol. The quantitative estimate of drug-likeness (QED) is 0.699.